The van der Waals surface area contributed by atoms with Crippen LogP contribution in [0.2, 0.25) is 5.02 Å². The van der Waals surface area contributed by atoms with Gasteiger partial charge in [0, 0.05) is 28.7 Å². The number of rotatable bonds is 5. The van der Waals surface area contributed by atoms with Gasteiger partial charge in [-0.3, -0.25) is 0 Å². The maximum absolute atomic E-state index is 10.8. The predicted molar refractivity (Wildman–Crippen MR) is 93.5 cm³/mol. The number of hydrogen-bond acceptors (Lipinski definition) is 3. The molecule has 122 valence electrons. The molecule has 1 N–H and O–H groups in total. The second kappa shape index (κ2) is 6.76. The molecule has 0 atom stereocenters. The molecule has 3 rings (SSSR count). The minimum Gasteiger partial charge on any atom is -0.495 e. The summed E-state index contributed by atoms with van der Waals surface area (Å²) in [7, 11) is 1.58. The van der Waals surface area contributed by atoms with Crippen LogP contribution in [0, 0.1) is 0 Å². The van der Waals surface area contributed by atoms with Gasteiger partial charge in [0.2, 0.25) is 0 Å². The first-order valence-corrected chi connectivity index (χ1v) is 7.63. The van der Waals surface area contributed by atoms with E-state index < -0.39 is 5.97 Å². The second-order valence-electron chi connectivity index (χ2n) is 5.24. The molecule has 0 saturated heterocycles. The van der Waals surface area contributed by atoms with E-state index in [0.29, 0.717) is 17.3 Å². The van der Waals surface area contributed by atoms with Crippen molar-refractivity contribution in [2.75, 3.05) is 7.11 Å². The van der Waals surface area contributed by atoms with E-state index >= 15 is 0 Å². The van der Waals surface area contributed by atoms with Gasteiger partial charge in [0.05, 0.1) is 13.3 Å². The van der Waals surface area contributed by atoms with E-state index in [-0.39, 0.29) is 0 Å². The van der Waals surface area contributed by atoms with Crippen LogP contribution in [0.1, 0.15) is 11.3 Å². The van der Waals surface area contributed by atoms with Crippen LogP contribution in [-0.2, 0) is 11.3 Å². The summed E-state index contributed by atoms with van der Waals surface area (Å²) in [6, 6.07) is 11.3. The second-order valence-corrected chi connectivity index (χ2v) is 5.68. The molecule has 2 heterocycles. The molecule has 0 fully saturated rings. The minimum atomic E-state index is -0.996. The van der Waals surface area contributed by atoms with Crippen LogP contribution in [-0.4, -0.2) is 27.7 Å². The number of nitrogens with zero attached hydrogens (tertiary/aromatic N) is 2. The molecular formula is C18H15ClN2O3. The van der Waals surface area contributed by atoms with Crippen LogP contribution in [0.4, 0.5) is 0 Å². The smallest absolute Gasteiger partial charge is 0.328 e. The van der Waals surface area contributed by atoms with Crippen LogP contribution in [0.5, 0.6) is 5.75 Å². The van der Waals surface area contributed by atoms with E-state index in [2.05, 4.69) is 4.98 Å². The monoisotopic (exact) mass is 342 g/mol. The van der Waals surface area contributed by atoms with Gasteiger partial charge in [-0.25, -0.2) is 9.78 Å². The first-order valence-electron chi connectivity index (χ1n) is 7.25. The number of halogens is 1. The third-order valence-electron chi connectivity index (χ3n) is 3.63. The molecule has 5 nitrogen and oxygen atoms in total. The lowest BCUT2D eigenvalue weighted by molar-refractivity contribution is -0.131. The minimum absolute atomic E-state index is 0.555. The number of benzene rings is 1. The molecule has 1 aromatic carbocycles. The van der Waals surface area contributed by atoms with Crippen LogP contribution in [0.3, 0.4) is 0 Å². The molecule has 0 saturated carbocycles. The molecule has 6 heteroatoms. The van der Waals surface area contributed by atoms with E-state index in [4.69, 9.17) is 21.4 Å². The van der Waals surface area contributed by atoms with Gasteiger partial charge in [-0.2, -0.15) is 0 Å². The Hall–Kier alpha value is -2.79. The molecule has 0 radical (unpaired) electrons. The van der Waals surface area contributed by atoms with Gasteiger partial charge >= 0.3 is 5.97 Å². The highest BCUT2D eigenvalue weighted by atomic mass is 35.5. The molecule has 0 bridgehead atoms. The summed E-state index contributed by atoms with van der Waals surface area (Å²) in [4.78, 5) is 15.3. The van der Waals surface area contributed by atoms with Crippen molar-refractivity contribution in [2.45, 2.75) is 6.54 Å². The third-order valence-corrected chi connectivity index (χ3v) is 3.88. The maximum Gasteiger partial charge on any atom is 0.328 e. The van der Waals surface area contributed by atoms with Gasteiger partial charge in [-0.05, 0) is 35.9 Å². The number of aromatic nitrogens is 2. The van der Waals surface area contributed by atoms with E-state index in [0.717, 1.165) is 28.4 Å². The van der Waals surface area contributed by atoms with Crippen LogP contribution < -0.4 is 4.74 Å². The summed E-state index contributed by atoms with van der Waals surface area (Å²) in [6.45, 7) is 0.555. The molecule has 0 amide bonds. The van der Waals surface area contributed by atoms with Crippen LogP contribution >= 0.6 is 11.6 Å². The largest absolute Gasteiger partial charge is 0.495 e. The van der Waals surface area contributed by atoms with E-state index in [1.54, 1.807) is 19.4 Å². The highest BCUT2D eigenvalue weighted by molar-refractivity contribution is 6.30. The molecule has 0 spiro atoms. The molecule has 24 heavy (non-hydrogen) atoms. The van der Waals surface area contributed by atoms with Gasteiger partial charge in [0.1, 0.15) is 11.4 Å². The number of fused-ring (bicyclic) bond motifs is 1. The number of pyridine rings is 1. The zero-order valence-corrected chi connectivity index (χ0v) is 13.7. The summed E-state index contributed by atoms with van der Waals surface area (Å²) in [5.41, 5.74) is 2.55. The Morgan fingerprint density at radius 1 is 1.33 bits per heavy atom. The fraction of sp³-hybridized carbons (Fsp3) is 0.111. The van der Waals surface area contributed by atoms with Gasteiger partial charge in [0.25, 0.3) is 0 Å². The number of ether oxygens (including phenoxy) is 1. The number of carboxylic acid groups (broad SMARTS) is 1. The van der Waals surface area contributed by atoms with Crippen molar-refractivity contribution in [1.29, 1.82) is 0 Å². The lowest BCUT2D eigenvalue weighted by atomic mass is 10.2. The molecule has 0 aliphatic rings. The van der Waals surface area contributed by atoms with Crippen LogP contribution in [0.25, 0.3) is 17.1 Å². The third kappa shape index (κ3) is 3.41. The van der Waals surface area contributed by atoms with Crippen molar-refractivity contribution in [1.82, 2.24) is 9.55 Å². The summed E-state index contributed by atoms with van der Waals surface area (Å²) in [5.74, 6) is -0.344. The summed E-state index contributed by atoms with van der Waals surface area (Å²) in [5, 5.41) is 10.5. The Labute approximate surface area is 143 Å². The fourth-order valence-electron chi connectivity index (χ4n) is 2.49. The Kier molecular flexibility index (Phi) is 4.53. The first kappa shape index (κ1) is 16.1. The van der Waals surface area contributed by atoms with Crippen molar-refractivity contribution in [3.8, 4) is 5.75 Å². The summed E-state index contributed by atoms with van der Waals surface area (Å²) >= 11 is 5.93. The quantitative estimate of drug-likeness (QED) is 0.715. The van der Waals surface area contributed by atoms with Gasteiger partial charge < -0.3 is 14.4 Å². The van der Waals surface area contributed by atoms with Crippen molar-refractivity contribution in [2.24, 2.45) is 0 Å². The molecular weight excluding hydrogens is 328 g/mol. The molecule has 0 unspecified atom stereocenters. The number of carboxylic acids is 1. The number of aliphatic carboxylic acids is 1. The predicted octanol–water partition coefficient (Wildman–Crippen LogP) is 3.84. The van der Waals surface area contributed by atoms with Crippen molar-refractivity contribution < 1.29 is 14.6 Å². The zero-order chi connectivity index (χ0) is 17.1. The van der Waals surface area contributed by atoms with Crippen molar-refractivity contribution >= 4 is 34.7 Å². The lowest BCUT2D eigenvalue weighted by Gasteiger charge is -2.08. The number of hydrogen-bond donors (Lipinski definition) is 1. The molecule has 3 aromatic rings. The standard InChI is InChI=1S/C18H15ClN2O3/c1-24-16-9-13-8-15(6-7-17(22)23)21(18(13)20-10-16)11-12-2-4-14(19)5-3-12/h2-10H,11H2,1H3,(H,22,23)/b7-6+. The molecule has 0 aliphatic carbocycles. The lowest BCUT2D eigenvalue weighted by Crippen LogP contribution is -2.03. The normalized spacial score (nSPS) is 11.2. The Balaban J connectivity index is 2.09. The highest BCUT2D eigenvalue weighted by Gasteiger charge is 2.10. The number of methoxy groups -OCH3 is 1. The van der Waals surface area contributed by atoms with Gasteiger partial charge in [0.15, 0.2) is 0 Å². The average Bonchev–Trinajstić information content (AvgIpc) is 2.91. The van der Waals surface area contributed by atoms with Gasteiger partial charge in [-0.1, -0.05) is 23.7 Å². The van der Waals surface area contributed by atoms with Crippen LogP contribution in [0.15, 0.2) is 48.7 Å². The molecule has 2 aromatic heterocycles. The van der Waals surface area contributed by atoms with Crippen molar-refractivity contribution in [3.63, 3.8) is 0 Å². The van der Waals surface area contributed by atoms with Gasteiger partial charge in [-0.15, -0.1) is 0 Å². The van der Waals surface area contributed by atoms with E-state index in [1.807, 2.05) is 41.0 Å². The summed E-state index contributed by atoms with van der Waals surface area (Å²) < 4.78 is 7.16. The first-order chi connectivity index (χ1) is 11.6. The fourth-order valence-corrected chi connectivity index (χ4v) is 2.62. The SMILES string of the molecule is COc1cnc2c(c1)cc(/C=C/C(=O)O)n2Cc1ccc(Cl)cc1. The van der Waals surface area contributed by atoms with E-state index in [1.165, 1.54) is 0 Å². The highest BCUT2D eigenvalue weighted by Crippen LogP contribution is 2.24. The number of carbonyl (C=O) groups is 1. The Morgan fingerprint density at radius 2 is 2.08 bits per heavy atom. The Bertz CT molecular complexity index is 914. The van der Waals surface area contributed by atoms with Crippen molar-refractivity contribution in [3.05, 3.63) is 65.0 Å². The molecule has 0 aliphatic heterocycles. The Morgan fingerprint density at radius 3 is 2.75 bits per heavy atom. The van der Waals surface area contributed by atoms with E-state index in [9.17, 15) is 4.79 Å². The average molecular weight is 343 g/mol. The zero-order valence-electron chi connectivity index (χ0n) is 12.9. The maximum atomic E-state index is 10.8. The summed E-state index contributed by atoms with van der Waals surface area (Å²) in [6.07, 6.45) is 4.32. The topological polar surface area (TPSA) is 64.3 Å².